The summed E-state index contributed by atoms with van der Waals surface area (Å²) in [7, 11) is 0. The van der Waals surface area contributed by atoms with Gasteiger partial charge in [-0.25, -0.2) is 0 Å². The molecule has 2 amide bonds. The summed E-state index contributed by atoms with van der Waals surface area (Å²) in [4.78, 5) is 38.4. The summed E-state index contributed by atoms with van der Waals surface area (Å²) in [5.74, 6) is -0.729. The molecule has 2 rings (SSSR count). The van der Waals surface area contributed by atoms with Gasteiger partial charge in [-0.15, -0.1) is 0 Å². The lowest BCUT2D eigenvalue weighted by molar-refractivity contribution is -0.147. The Kier molecular flexibility index (Phi) is 8.37. The molecule has 0 aromatic heterocycles. The lowest BCUT2D eigenvalue weighted by Gasteiger charge is -2.36. The summed E-state index contributed by atoms with van der Waals surface area (Å²) in [6.45, 7) is 5.17. The highest BCUT2D eigenvalue weighted by molar-refractivity contribution is 9.10. The molecular formula is C19H24BrN3O4S. The van der Waals surface area contributed by atoms with E-state index in [9.17, 15) is 14.4 Å². The van der Waals surface area contributed by atoms with Crippen LogP contribution >= 0.6 is 28.1 Å². The van der Waals surface area contributed by atoms with E-state index in [-0.39, 0.29) is 23.3 Å². The molecule has 9 heteroatoms. The first-order valence-corrected chi connectivity index (χ1v) is 10.3. The molecule has 1 fully saturated rings. The fraction of sp³-hybridized carbons (Fsp3) is 0.474. The Morgan fingerprint density at radius 2 is 2.04 bits per heavy atom. The number of hydrogen-bond donors (Lipinski definition) is 2. The van der Waals surface area contributed by atoms with Crippen LogP contribution in [0.3, 0.4) is 0 Å². The Labute approximate surface area is 178 Å². The first-order valence-electron chi connectivity index (χ1n) is 9.08. The lowest BCUT2D eigenvalue weighted by atomic mass is 10.1. The van der Waals surface area contributed by atoms with E-state index in [0.717, 1.165) is 10.9 Å². The monoisotopic (exact) mass is 469 g/mol. The number of carbonyl (C=O) groups is 3. The molecule has 1 aliphatic rings. The van der Waals surface area contributed by atoms with Crippen molar-refractivity contribution in [2.24, 2.45) is 5.92 Å². The third kappa shape index (κ3) is 6.56. The molecule has 0 bridgehead atoms. The Bertz CT molecular complexity index is 739. The van der Waals surface area contributed by atoms with Crippen LogP contribution in [0, 0.1) is 5.92 Å². The third-order valence-corrected chi connectivity index (χ3v) is 5.10. The van der Waals surface area contributed by atoms with Crippen molar-refractivity contribution in [3.8, 4) is 0 Å². The Morgan fingerprint density at radius 1 is 1.36 bits per heavy atom. The van der Waals surface area contributed by atoms with Gasteiger partial charge in [0.15, 0.2) is 5.11 Å². The summed E-state index contributed by atoms with van der Waals surface area (Å²) >= 11 is 8.65. The van der Waals surface area contributed by atoms with Gasteiger partial charge >= 0.3 is 5.97 Å². The van der Waals surface area contributed by atoms with Crippen LogP contribution in [0.2, 0.25) is 0 Å². The predicted molar refractivity (Wildman–Crippen MR) is 113 cm³/mol. The lowest BCUT2D eigenvalue weighted by Crippen LogP contribution is -2.60. The number of esters is 1. The van der Waals surface area contributed by atoms with Crippen LogP contribution in [0.1, 0.15) is 37.0 Å². The first kappa shape index (κ1) is 22.3. The average Bonchev–Trinajstić information content (AvgIpc) is 2.63. The second-order valence-electron chi connectivity index (χ2n) is 6.87. The Balaban J connectivity index is 1.98. The molecule has 2 N–H and O–H groups in total. The van der Waals surface area contributed by atoms with Crippen molar-refractivity contribution in [1.82, 2.24) is 15.5 Å². The van der Waals surface area contributed by atoms with Gasteiger partial charge in [-0.3, -0.25) is 19.7 Å². The fourth-order valence-electron chi connectivity index (χ4n) is 2.63. The number of nitrogens with one attached hydrogen (secondary N) is 2. The molecule has 1 aromatic rings. The average molecular weight is 470 g/mol. The van der Waals surface area contributed by atoms with Gasteiger partial charge in [0.25, 0.3) is 5.91 Å². The van der Waals surface area contributed by atoms with Crippen molar-refractivity contribution in [2.45, 2.75) is 32.7 Å². The largest absolute Gasteiger partial charge is 0.466 e. The number of piperazine rings is 1. The zero-order valence-corrected chi connectivity index (χ0v) is 18.3. The maximum Gasteiger partial charge on any atom is 0.308 e. The molecule has 7 nitrogen and oxygen atoms in total. The van der Waals surface area contributed by atoms with Crippen molar-refractivity contribution >= 4 is 51.0 Å². The molecule has 1 unspecified atom stereocenters. The molecule has 0 radical (unpaired) electrons. The number of nitrogens with zero attached hydrogens (tertiary/aromatic N) is 1. The summed E-state index contributed by atoms with van der Waals surface area (Å²) < 4.78 is 6.07. The van der Waals surface area contributed by atoms with Crippen LogP contribution in [-0.2, 0) is 14.3 Å². The van der Waals surface area contributed by atoms with Gasteiger partial charge < -0.3 is 15.0 Å². The predicted octanol–water partition coefficient (Wildman–Crippen LogP) is 2.24. The second-order valence-corrected chi connectivity index (χ2v) is 8.18. The van der Waals surface area contributed by atoms with Crippen LogP contribution < -0.4 is 10.6 Å². The highest BCUT2D eigenvalue weighted by Gasteiger charge is 2.34. The molecule has 1 aromatic carbocycles. The molecule has 0 saturated carbocycles. The molecule has 1 aliphatic heterocycles. The van der Waals surface area contributed by atoms with Gasteiger partial charge in [0.2, 0.25) is 5.91 Å². The number of hydrogen-bond acceptors (Lipinski definition) is 5. The smallest absolute Gasteiger partial charge is 0.308 e. The van der Waals surface area contributed by atoms with Gasteiger partial charge in [0.05, 0.1) is 13.0 Å². The SMILES string of the molecule is CC(C)CCOC(=O)CC1C(=O)NCCN1C(=S)NC(=O)c1ccc(Br)cc1. The van der Waals surface area contributed by atoms with Crippen LogP contribution in [0.15, 0.2) is 28.7 Å². The third-order valence-electron chi connectivity index (χ3n) is 4.24. The Morgan fingerprint density at radius 3 is 2.68 bits per heavy atom. The maximum absolute atomic E-state index is 12.4. The molecule has 1 atom stereocenters. The molecule has 1 heterocycles. The summed E-state index contributed by atoms with van der Waals surface area (Å²) in [6, 6.07) is 6.02. The van der Waals surface area contributed by atoms with Crippen molar-refractivity contribution in [3.63, 3.8) is 0 Å². The number of ether oxygens (including phenoxy) is 1. The van der Waals surface area contributed by atoms with Gasteiger partial charge in [0.1, 0.15) is 6.04 Å². The molecule has 0 spiro atoms. The van der Waals surface area contributed by atoms with Crippen LogP contribution in [-0.4, -0.2) is 53.5 Å². The van der Waals surface area contributed by atoms with Crippen molar-refractivity contribution in [2.75, 3.05) is 19.7 Å². The normalized spacial score (nSPS) is 16.5. The molecular weight excluding hydrogens is 446 g/mol. The topological polar surface area (TPSA) is 87.7 Å². The van der Waals surface area contributed by atoms with Crippen LogP contribution in [0.4, 0.5) is 0 Å². The number of carbonyl (C=O) groups excluding carboxylic acids is 3. The number of rotatable bonds is 6. The summed E-state index contributed by atoms with van der Waals surface area (Å²) in [5.41, 5.74) is 0.441. The minimum Gasteiger partial charge on any atom is -0.466 e. The van der Waals surface area contributed by atoms with Crippen LogP contribution in [0.5, 0.6) is 0 Å². The standard InChI is InChI=1S/C19H24BrN3O4S/c1-12(2)7-10-27-16(24)11-15-18(26)21-8-9-23(15)19(28)22-17(25)13-3-5-14(20)6-4-13/h3-6,12,15H,7-11H2,1-2H3,(H,21,26)(H,22,25,28). The summed E-state index contributed by atoms with van der Waals surface area (Å²) in [6.07, 6.45) is 0.631. The van der Waals surface area contributed by atoms with Crippen molar-refractivity contribution < 1.29 is 19.1 Å². The van der Waals surface area contributed by atoms with Gasteiger partial charge in [-0.1, -0.05) is 29.8 Å². The van der Waals surface area contributed by atoms with E-state index in [0.29, 0.717) is 31.2 Å². The number of halogens is 1. The van der Waals surface area contributed by atoms with E-state index < -0.39 is 12.0 Å². The second kappa shape index (κ2) is 10.5. The van der Waals surface area contributed by atoms with Gasteiger partial charge in [-0.2, -0.15) is 0 Å². The molecule has 0 aliphatic carbocycles. The van der Waals surface area contributed by atoms with E-state index in [4.69, 9.17) is 17.0 Å². The number of amides is 2. The number of benzene rings is 1. The highest BCUT2D eigenvalue weighted by Crippen LogP contribution is 2.13. The van der Waals surface area contributed by atoms with Gasteiger partial charge in [0, 0.05) is 23.1 Å². The number of thiocarbonyl (C=S) groups is 1. The molecule has 28 heavy (non-hydrogen) atoms. The maximum atomic E-state index is 12.4. The van der Waals surface area contributed by atoms with Crippen molar-refractivity contribution in [1.29, 1.82) is 0 Å². The van der Waals surface area contributed by atoms with Gasteiger partial charge in [-0.05, 0) is 48.8 Å². The molecule has 1 saturated heterocycles. The van der Waals surface area contributed by atoms with Crippen molar-refractivity contribution in [3.05, 3.63) is 34.3 Å². The highest BCUT2D eigenvalue weighted by atomic mass is 79.9. The first-order chi connectivity index (χ1) is 13.3. The minimum atomic E-state index is -0.807. The van der Waals surface area contributed by atoms with E-state index >= 15 is 0 Å². The minimum absolute atomic E-state index is 0.114. The fourth-order valence-corrected chi connectivity index (χ4v) is 3.20. The van der Waals surface area contributed by atoms with E-state index in [2.05, 4.69) is 26.6 Å². The quantitative estimate of drug-likeness (QED) is 0.490. The Hall–Kier alpha value is -2.00. The van der Waals surface area contributed by atoms with E-state index in [1.54, 1.807) is 29.2 Å². The van der Waals surface area contributed by atoms with E-state index in [1.807, 2.05) is 13.8 Å². The zero-order valence-electron chi connectivity index (χ0n) is 15.9. The van der Waals surface area contributed by atoms with Crippen LogP contribution in [0.25, 0.3) is 0 Å². The zero-order chi connectivity index (χ0) is 20.7. The summed E-state index contributed by atoms with van der Waals surface area (Å²) in [5, 5.41) is 5.47. The van der Waals surface area contributed by atoms with E-state index in [1.165, 1.54) is 0 Å². The molecule has 152 valence electrons.